The fourth-order valence-corrected chi connectivity index (χ4v) is 1.12. The highest BCUT2D eigenvalue weighted by molar-refractivity contribution is 6.00. The number of tetrazole rings is 1. The molecule has 0 spiro atoms. The maximum atomic E-state index is 11.4. The van der Waals surface area contributed by atoms with Crippen LogP contribution in [0.4, 0.5) is 5.95 Å². The van der Waals surface area contributed by atoms with E-state index in [1.807, 2.05) is 0 Å². The molecule has 7 heteroatoms. The van der Waals surface area contributed by atoms with Crippen molar-refractivity contribution in [2.45, 2.75) is 0 Å². The van der Waals surface area contributed by atoms with Crippen molar-refractivity contribution < 1.29 is 9.90 Å². The molecule has 1 heterocycles. The van der Waals surface area contributed by atoms with Crippen molar-refractivity contribution in [2.24, 2.45) is 0 Å². The molecule has 7 nitrogen and oxygen atoms in total. The molecule has 0 atom stereocenters. The normalized spacial score (nSPS) is 10.6. The number of aromatic hydroxyl groups is 1. The van der Waals surface area contributed by atoms with E-state index >= 15 is 0 Å². The highest BCUT2D eigenvalue weighted by Gasteiger charge is 2.00. The Morgan fingerprint density at radius 3 is 2.76 bits per heavy atom. The lowest BCUT2D eigenvalue weighted by Crippen LogP contribution is -2.09. The molecule has 3 N–H and O–H groups in total. The van der Waals surface area contributed by atoms with Crippen LogP contribution < -0.4 is 5.32 Å². The Bertz CT molecular complexity index is 518. The van der Waals surface area contributed by atoms with Gasteiger partial charge in [-0.3, -0.25) is 10.1 Å². The van der Waals surface area contributed by atoms with E-state index < -0.39 is 0 Å². The Balaban J connectivity index is 1.96. The van der Waals surface area contributed by atoms with Crippen LogP contribution in [0.25, 0.3) is 6.08 Å². The number of rotatable bonds is 3. The number of phenols is 1. The number of hydrogen-bond acceptors (Lipinski definition) is 5. The van der Waals surface area contributed by atoms with Crippen LogP contribution in [-0.2, 0) is 4.79 Å². The van der Waals surface area contributed by atoms with Gasteiger partial charge in [0, 0.05) is 6.08 Å². The molecule has 1 aromatic heterocycles. The van der Waals surface area contributed by atoms with Gasteiger partial charge in [-0.15, -0.1) is 5.10 Å². The SMILES string of the molecule is O=C(/C=C/c1ccc(O)cc1)Nc1nn[nH]n1. The van der Waals surface area contributed by atoms with Crippen molar-refractivity contribution in [1.29, 1.82) is 0 Å². The largest absolute Gasteiger partial charge is 0.508 e. The smallest absolute Gasteiger partial charge is 0.270 e. The van der Waals surface area contributed by atoms with E-state index in [0.717, 1.165) is 5.56 Å². The first kappa shape index (κ1) is 10.8. The van der Waals surface area contributed by atoms with E-state index in [-0.39, 0.29) is 17.6 Å². The van der Waals surface area contributed by atoms with E-state index in [2.05, 4.69) is 25.9 Å². The van der Waals surface area contributed by atoms with Crippen molar-refractivity contribution in [3.8, 4) is 5.75 Å². The van der Waals surface area contributed by atoms with Crippen molar-refractivity contribution in [2.75, 3.05) is 5.32 Å². The van der Waals surface area contributed by atoms with Crippen LogP contribution in [0.5, 0.6) is 5.75 Å². The minimum atomic E-state index is -0.362. The molecule has 0 saturated heterocycles. The maximum Gasteiger partial charge on any atom is 0.270 e. The number of hydrogen-bond donors (Lipinski definition) is 3. The predicted octanol–water partition coefficient (Wildman–Crippen LogP) is 0.557. The van der Waals surface area contributed by atoms with Gasteiger partial charge in [0.1, 0.15) is 5.75 Å². The summed E-state index contributed by atoms with van der Waals surface area (Å²) in [5.74, 6) is -0.0665. The fraction of sp³-hybridized carbons (Fsp3) is 0. The van der Waals surface area contributed by atoms with Gasteiger partial charge in [0.2, 0.25) is 0 Å². The molecule has 0 aliphatic carbocycles. The second-order valence-electron chi connectivity index (χ2n) is 3.15. The lowest BCUT2D eigenvalue weighted by molar-refractivity contribution is -0.111. The van der Waals surface area contributed by atoms with Gasteiger partial charge >= 0.3 is 0 Å². The monoisotopic (exact) mass is 231 g/mol. The number of benzene rings is 1. The van der Waals surface area contributed by atoms with Crippen LogP contribution in [0, 0.1) is 0 Å². The summed E-state index contributed by atoms with van der Waals surface area (Å²) in [6.45, 7) is 0. The lowest BCUT2D eigenvalue weighted by Gasteiger charge is -1.95. The van der Waals surface area contributed by atoms with Crippen LogP contribution in [0.3, 0.4) is 0 Å². The van der Waals surface area contributed by atoms with Gasteiger partial charge in [0.15, 0.2) is 0 Å². The van der Waals surface area contributed by atoms with Crippen molar-refractivity contribution >= 4 is 17.9 Å². The summed E-state index contributed by atoms with van der Waals surface area (Å²) in [7, 11) is 0. The number of carbonyl (C=O) groups is 1. The minimum absolute atomic E-state index is 0.116. The summed E-state index contributed by atoms with van der Waals surface area (Å²) in [5, 5.41) is 24.2. The van der Waals surface area contributed by atoms with Crippen LogP contribution in [0.1, 0.15) is 5.56 Å². The zero-order chi connectivity index (χ0) is 12.1. The molecule has 0 aliphatic heterocycles. The van der Waals surface area contributed by atoms with Gasteiger partial charge in [-0.2, -0.15) is 5.21 Å². The summed E-state index contributed by atoms with van der Waals surface area (Å²) in [6, 6.07) is 6.45. The van der Waals surface area contributed by atoms with Crippen LogP contribution in [0.2, 0.25) is 0 Å². The molecule has 17 heavy (non-hydrogen) atoms. The first-order valence-electron chi connectivity index (χ1n) is 4.75. The summed E-state index contributed by atoms with van der Waals surface area (Å²) >= 11 is 0. The van der Waals surface area contributed by atoms with E-state index in [1.54, 1.807) is 18.2 Å². The topological polar surface area (TPSA) is 104 Å². The van der Waals surface area contributed by atoms with Gasteiger partial charge in [-0.25, -0.2) is 0 Å². The van der Waals surface area contributed by atoms with Gasteiger partial charge in [0.05, 0.1) is 0 Å². The van der Waals surface area contributed by atoms with Gasteiger partial charge in [0.25, 0.3) is 11.9 Å². The minimum Gasteiger partial charge on any atom is -0.508 e. The number of anilines is 1. The molecular formula is C10H9N5O2. The number of amides is 1. The first-order valence-corrected chi connectivity index (χ1v) is 4.75. The summed E-state index contributed by atoms with van der Waals surface area (Å²) in [5.41, 5.74) is 0.797. The number of nitrogens with one attached hydrogen (secondary N) is 2. The molecule has 0 radical (unpaired) electrons. The second-order valence-corrected chi connectivity index (χ2v) is 3.15. The molecule has 2 rings (SSSR count). The Morgan fingerprint density at radius 1 is 1.35 bits per heavy atom. The Morgan fingerprint density at radius 2 is 2.12 bits per heavy atom. The third-order valence-corrected chi connectivity index (χ3v) is 1.90. The number of phenolic OH excluding ortho intramolecular Hbond substituents is 1. The van der Waals surface area contributed by atoms with Crippen LogP contribution in [0.15, 0.2) is 30.3 Å². The molecule has 1 aromatic carbocycles. The fourth-order valence-electron chi connectivity index (χ4n) is 1.12. The average Bonchev–Trinajstić information content (AvgIpc) is 2.81. The number of aromatic nitrogens is 4. The average molecular weight is 231 g/mol. The van der Waals surface area contributed by atoms with Crippen molar-refractivity contribution in [1.82, 2.24) is 20.6 Å². The Kier molecular flexibility index (Phi) is 3.10. The molecule has 0 saturated carbocycles. The summed E-state index contributed by atoms with van der Waals surface area (Å²) in [6.07, 6.45) is 2.94. The molecule has 0 unspecified atom stereocenters. The Labute approximate surface area is 96.2 Å². The standard InChI is InChI=1S/C10H9N5O2/c16-8-4-1-7(2-5-8)3-6-9(17)11-10-12-14-15-13-10/h1-6,16H,(H2,11,12,13,14,15,17)/b6-3+. The number of H-pyrrole nitrogens is 1. The number of nitrogens with zero attached hydrogens (tertiary/aromatic N) is 3. The number of carbonyl (C=O) groups excluding carboxylic acids is 1. The van der Waals surface area contributed by atoms with Crippen LogP contribution >= 0.6 is 0 Å². The van der Waals surface area contributed by atoms with E-state index in [0.29, 0.717) is 0 Å². The lowest BCUT2D eigenvalue weighted by atomic mass is 10.2. The zero-order valence-corrected chi connectivity index (χ0v) is 8.66. The molecule has 0 aliphatic rings. The first-order chi connectivity index (χ1) is 8.24. The highest BCUT2D eigenvalue weighted by Crippen LogP contribution is 2.10. The molecule has 2 aromatic rings. The maximum absolute atomic E-state index is 11.4. The quantitative estimate of drug-likeness (QED) is 0.669. The third kappa shape index (κ3) is 3.13. The highest BCUT2D eigenvalue weighted by atomic mass is 16.3. The van der Waals surface area contributed by atoms with E-state index in [1.165, 1.54) is 18.2 Å². The Hall–Kier alpha value is -2.70. The van der Waals surface area contributed by atoms with Gasteiger partial charge in [-0.05, 0) is 29.0 Å². The zero-order valence-electron chi connectivity index (χ0n) is 8.66. The predicted molar refractivity (Wildman–Crippen MR) is 59.9 cm³/mol. The van der Waals surface area contributed by atoms with Gasteiger partial charge in [-0.1, -0.05) is 17.2 Å². The molecular weight excluding hydrogens is 222 g/mol. The summed E-state index contributed by atoms with van der Waals surface area (Å²) < 4.78 is 0. The van der Waals surface area contributed by atoms with Gasteiger partial charge < -0.3 is 5.11 Å². The number of aromatic amines is 1. The van der Waals surface area contributed by atoms with E-state index in [4.69, 9.17) is 5.11 Å². The molecule has 0 fully saturated rings. The van der Waals surface area contributed by atoms with Crippen LogP contribution in [-0.4, -0.2) is 31.6 Å². The molecule has 0 bridgehead atoms. The molecule has 86 valence electrons. The van der Waals surface area contributed by atoms with Crippen molar-refractivity contribution in [3.05, 3.63) is 35.9 Å². The summed E-state index contributed by atoms with van der Waals surface area (Å²) in [4.78, 5) is 11.4. The molecule has 1 amide bonds. The van der Waals surface area contributed by atoms with E-state index in [9.17, 15) is 4.79 Å². The van der Waals surface area contributed by atoms with Crippen molar-refractivity contribution in [3.63, 3.8) is 0 Å². The third-order valence-electron chi connectivity index (χ3n) is 1.90. The second kappa shape index (κ2) is 4.88.